The molecule has 3 amide bonds. The molecule has 164 valence electrons. The molecule has 32 heavy (non-hydrogen) atoms. The van der Waals surface area contributed by atoms with Gasteiger partial charge in [0.2, 0.25) is 0 Å². The summed E-state index contributed by atoms with van der Waals surface area (Å²) < 4.78 is 13.1. The summed E-state index contributed by atoms with van der Waals surface area (Å²) in [5, 5.41) is 7.34. The Morgan fingerprint density at radius 2 is 1.72 bits per heavy atom. The first-order valence-electron chi connectivity index (χ1n) is 10.0. The summed E-state index contributed by atoms with van der Waals surface area (Å²) in [4.78, 5) is 48.3. The number of rotatable bonds is 5. The molecule has 0 unspecified atom stereocenters. The van der Waals surface area contributed by atoms with Crippen LogP contribution in [0, 0.1) is 5.82 Å². The van der Waals surface area contributed by atoms with Crippen LogP contribution in [0.25, 0.3) is 0 Å². The standard InChI is InChI=1S/C22H20FN5O3S/c23-15-5-3-14(4-6-15)20(29)27-19-18(24-9-10-25-19)21(30)26-16-7-11-28(12-8-16)22(31)17-2-1-13-32-17/h1-6,9-10,13,16H,7-8,11-12H2,(H,26,30)(H,25,27,29). The largest absolute Gasteiger partial charge is 0.348 e. The molecule has 10 heteroatoms. The summed E-state index contributed by atoms with van der Waals surface area (Å²) in [5.41, 5.74) is 0.214. The first kappa shape index (κ1) is 21.6. The molecule has 4 rings (SSSR count). The quantitative estimate of drug-likeness (QED) is 0.618. The number of piperidine rings is 1. The minimum absolute atomic E-state index is 0.00416. The van der Waals surface area contributed by atoms with Gasteiger partial charge < -0.3 is 15.5 Å². The molecular weight excluding hydrogens is 433 g/mol. The van der Waals surface area contributed by atoms with Gasteiger partial charge >= 0.3 is 0 Å². The fraction of sp³-hybridized carbons (Fsp3) is 0.227. The second-order valence-corrected chi connectivity index (χ2v) is 8.18. The highest BCUT2D eigenvalue weighted by molar-refractivity contribution is 7.12. The SMILES string of the molecule is O=C(Nc1nccnc1C(=O)NC1CCN(C(=O)c2cccs2)CC1)c1ccc(F)cc1. The van der Waals surface area contributed by atoms with Crippen molar-refractivity contribution in [3.8, 4) is 0 Å². The first-order chi connectivity index (χ1) is 15.5. The number of carbonyl (C=O) groups is 3. The van der Waals surface area contributed by atoms with Gasteiger partial charge in [-0.15, -0.1) is 11.3 Å². The van der Waals surface area contributed by atoms with Crippen molar-refractivity contribution in [2.24, 2.45) is 0 Å². The van der Waals surface area contributed by atoms with Crippen LogP contribution in [-0.4, -0.2) is 51.7 Å². The second-order valence-electron chi connectivity index (χ2n) is 7.23. The molecule has 2 N–H and O–H groups in total. The molecule has 0 bridgehead atoms. The molecule has 0 spiro atoms. The fourth-order valence-corrected chi connectivity index (χ4v) is 4.10. The van der Waals surface area contributed by atoms with E-state index in [0.717, 1.165) is 0 Å². The van der Waals surface area contributed by atoms with Gasteiger partial charge in [0.25, 0.3) is 17.7 Å². The number of thiophene rings is 1. The summed E-state index contributed by atoms with van der Waals surface area (Å²) in [5.74, 6) is -1.42. The van der Waals surface area contributed by atoms with Gasteiger partial charge in [-0.05, 0) is 48.6 Å². The van der Waals surface area contributed by atoms with Gasteiger partial charge in [-0.1, -0.05) is 6.07 Å². The Morgan fingerprint density at radius 3 is 2.41 bits per heavy atom. The third-order valence-corrected chi connectivity index (χ3v) is 5.96. The third kappa shape index (κ3) is 4.97. The zero-order valence-electron chi connectivity index (χ0n) is 17.0. The van der Waals surface area contributed by atoms with Crippen molar-refractivity contribution in [1.82, 2.24) is 20.2 Å². The lowest BCUT2D eigenvalue weighted by atomic mass is 10.0. The van der Waals surface area contributed by atoms with Crippen LogP contribution >= 0.6 is 11.3 Å². The number of nitrogens with one attached hydrogen (secondary N) is 2. The zero-order chi connectivity index (χ0) is 22.5. The number of hydrogen-bond donors (Lipinski definition) is 2. The Bertz CT molecular complexity index is 1110. The number of anilines is 1. The number of benzene rings is 1. The topological polar surface area (TPSA) is 104 Å². The monoisotopic (exact) mass is 453 g/mol. The maximum atomic E-state index is 13.1. The van der Waals surface area contributed by atoms with E-state index in [0.29, 0.717) is 30.8 Å². The molecular formula is C22H20FN5O3S. The summed E-state index contributed by atoms with van der Waals surface area (Å²) in [7, 11) is 0. The van der Waals surface area contributed by atoms with Crippen LogP contribution in [0.4, 0.5) is 10.2 Å². The number of nitrogens with zero attached hydrogens (tertiary/aromatic N) is 3. The first-order valence-corrected chi connectivity index (χ1v) is 10.9. The van der Waals surface area contributed by atoms with Crippen molar-refractivity contribution in [1.29, 1.82) is 0 Å². The van der Waals surface area contributed by atoms with Crippen molar-refractivity contribution < 1.29 is 18.8 Å². The van der Waals surface area contributed by atoms with Gasteiger partial charge in [0.15, 0.2) is 11.5 Å². The van der Waals surface area contributed by atoms with Crippen LogP contribution in [0.3, 0.4) is 0 Å². The lowest BCUT2D eigenvalue weighted by Gasteiger charge is -2.32. The van der Waals surface area contributed by atoms with E-state index < -0.39 is 17.6 Å². The van der Waals surface area contributed by atoms with E-state index in [1.807, 2.05) is 11.4 Å². The van der Waals surface area contributed by atoms with Crippen molar-refractivity contribution in [2.45, 2.75) is 18.9 Å². The van der Waals surface area contributed by atoms with Crippen LogP contribution in [0.1, 0.15) is 43.4 Å². The lowest BCUT2D eigenvalue weighted by Crippen LogP contribution is -2.46. The lowest BCUT2D eigenvalue weighted by molar-refractivity contribution is 0.0702. The van der Waals surface area contributed by atoms with Crippen LogP contribution in [-0.2, 0) is 0 Å². The normalized spacial score (nSPS) is 14.1. The number of carbonyl (C=O) groups excluding carboxylic acids is 3. The molecule has 2 aromatic heterocycles. The minimum Gasteiger partial charge on any atom is -0.348 e. The van der Waals surface area contributed by atoms with Gasteiger partial charge in [0.1, 0.15) is 5.82 Å². The highest BCUT2D eigenvalue weighted by atomic mass is 32.1. The van der Waals surface area contributed by atoms with Gasteiger partial charge in [0, 0.05) is 37.1 Å². The van der Waals surface area contributed by atoms with E-state index in [2.05, 4.69) is 20.6 Å². The van der Waals surface area contributed by atoms with E-state index in [9.17, 15) is 18.8 Å². The molecule has 0 atom stereocenters. The summed E-state index contributed by atoms with van der Waals surface area (Å²) in [6, 6.07) is 8.55. The number of likely N-dealkylation sites (tertiary alicyclic amines) is 1. The maximum Gasteiger partial charge on any atom is 0.273 e. The van der Waals surface area contributed by atoms with Crippen molar-refractivity contribution in [2.75, 3.05) is 18.4 Å². The Morgan fingerprint density at radius 1 is 1.00 bits per heavy atom. The Balaban J connectivity index is 1.36. The summed E-state index contributed by atoms with van der Waals surface area (Å²) in [6.07, 6.45) is 3.96. The Labute approximate surface area is 187 Å². The Kier molecular flexibility index (Phi) is 6.50. The molecule has 0 aliphatic carbocycles. The second kappa shape index (κ2) is 9.65. The van der Waals surface area contributed by atoms with Gasteiger partial charge in [-0.3, -0.25) is 14.4 Å². The van der Waals surface area contributed by atoms with E-state index in [-0.39, 0.29) is 29.0 Å². The maximum absolute atomic E-state index is 13.1. The highest BCUT2D eigenvalue weighted by Crippen LogP contribution is 2.18. The molecule has 1 aliphatic heterocycles. The molecule has 0 saturated carbocycles. The molecule has 1 aliphatic rings. The van der Waals surface area contributed by atoms with E-state index in [4.69, 9.17) is 0 Å². The van der Waals surface area contributed by atoms with Crippen molar-refractivity contribution in [3.05, 3.63) is 76.1 Å². The molecule has 1 aromatic carbocycles. The number of amides is 3. The number of halogens is 1. The van der Waals surface area contributed by atoms with Crippen molar-refractivity contribution in [3.63, 3.8) is 0 Å². The van der Waals surface area contributed by atoms with Gasteiger partial charge in [-0.2, -0.15) is 0 Å². The van der Waals surface area contributed by atoms with Crippen molar-refractivity contribution >= 4 is 34.9 Å². The molecule has 0 radical (unpaired) electrons. The van der Waals surface area contributed by atoms with Crippen LogP contribution in [0.5, 0.6) is 0 Å². The average molecular weight is 453 g/mol. The predicted octanol–water partition coefficient (Wildman–Crippen LogP) is 2.96. The molecule has 3 heterocycles. The van der Waals surface area contributed by atoms with Crippen LogP contribution in [0.15, 0.2) is 54.2 Å². The molecule has 1 fully saturated rings. The van der Waals surface area contributed by atoms with E-state index in [1.54, 1.807) is 11.0 Å². The molecule has 3 aromatic rings. The van der Waals surface area contributed by atoms with E-state index in [1.165, 1.54) is 48.0 Å². The number of hydrogen-bond acceptors (Lipinski definition) is 6. The smallest absolute Gasteiger partial charge is 0.273 e. The van der Waals surface area contributed by atoms with Gasteiger partial charge in [0.05, 0.1) is 4.88 Å². The average Bonchev–Trinajstić information content (AvgIpc) is 3.35. The van der Waals surface area contributed by atoms with Crippen LogP contribution in [0.2, 0.25) is 0 Å². The molecule has 8 nitrogen and oxygen atoms in total. The van der Waals surface area contributed by atoms with Gasteiger partial charge in [-0.25, -0.2) is 14.4 Å². The Hall–Kier alpha value is -3.66. The minimum atomic E-state index is -0.528. The summed E-state index contributed by atoms with van der Waals surface area (Å²) >= 11 is 1.41. The third-order valence-electron chi connectivity index (χ3n) is 5.10. The zero-order valence-corrected chi connectivity index (χ0v) is 17.8. The van der Waals surface area contributed by atoms with Crippen LogP contribution < -0.4 is 10.6 Å². The van der Waals surface area contributed by atoms with E-state index >= 15 is 0 Å². The fourth-order valence-electron chi connectivity index (χ4n) is 3.41. The summed E-state index contributed by atoms with van der Waals surface area (Å²) in [6.45, 7) is 1.08. The number of aromatic nitrogens is 2. The molecule has 1 saturated heterocycles. The highest BCUT2D eigenvalue weighted by Gasteiger charge is 2.26. The predicted molar refractivity (Wildman–Crippen MR) is 117 cm³/mol.